The third kappa shape index (κ3) is 3.30. The van der Waals surface area contributed by atoms with Crippen molar-refractivity contribution in [1.29, 1.82) is 0 Å². The first-order chi connectivity index (χ1) is 7.91. The Hall–Kier alpha value is -2.38. The molecule has 17 heavy (non-hydrogen) atoms. The average molecular weight is 241 g/mol. The third-order valence-electron chi connectivity index (χ3n) is 2.04. The van der Waals surface area contributed by atoms with Gasteiger partial charge in [0.05, 0.1) is 6.42 Å². The van der Waals surface area contributed by atoms with Crippen LogP contribution in [-0.4, -0.2) is 43.9 Å². The molecule has 92 valence electrons. The molecular formula is C9H11N3O5. The molecule has 3 N–H and O–H groups in total. The fraction of sp³-hybridized carbons (Fsp3) is 0.333. The van der Waals surface area contributed by atoms with Gasteiger partial charge in [0, 0.05) is 13.2 Å². The summed E-state index contributed by atoms with van der Waals surface area (Å²) >= 11 is 0. The summed E-state index contributed by atoms with van der Waals surface area (Å²) in [5.41, 5.74) is 0.154. The van der Waals surface area contributed by atoms with Gasteiger partial charge in [0.2, 0.25) is 0 Å². The SMILES string of the molecule is Cn1nccc1C(=O)N[C@H](CC(=O)O)C(=O)O. The second-order valence-electron chi connectivity index (χ2n) is 3.30. The van der Waals surface area contributed by atoms with Crippen LogP contribution in [0, 0.1) is 0 Å². The largest absolute Gasteiger partial charge is 0.481 e. The molecule has 8 nitrogen and oxygen atoms in total. The lowest BCUT2D eigenvalue weighted by Gasteiger charge is -2.12. The average Bonchev–Trinajstić information content (AvgIpc) is 2.62. The van der Waals surface area contributed by atoms with Crippen molar-refractivity contribution in [3.8, 4) is 0 Å². The number of hydrogen-bond donors (Lipinski definition) is 3. The van der Waals surface area contributed by atoms with E-state index in [-0.39, 0.29) is 5.69 Å². The Morgan fingerprint density at radius 3 is 2.53 bits per heavy atom. The summed E-state index contributed by atoms with van der Waals surface area (Å²) in [6.45, 7) is 0. The second-order valence-corrected chi connectivity index (χ2v) is 3.30. The summed E-state index contributed by atoms with van der Waals surface area (Å²) < 4.78 is 1.26. The molecule has 0 aliphatic heterocycles. The summed E-state index contributed by atoms with van der Waals surface area (Å²) in [5.74, 6) is -3.38. The van der Waals surface area contributed by atoms with Crippen molar-refractivity contribution < 1.29 is 24.6 Å². The maximum atomic E-state index is 11.6. The van der Waals surface area contributed by atoms with Crippen LogP contribution < -0.4 is 5.32 Å². The lowest BCUT2D eigenvalue weighted by Crippen LogP contribution is -2.42. The van der Waals surface area contributed by atoms with Gasteiger partial charge in [-0.1, -0.05) is 0 Å². The summed E-state index contributed by atoms with van der Waals surface area (Å²) in [7, 11) is 1.52. The first kappa shape index (κ1) is 12.7. The van der Waals surface area contributed by atoms with Crippen LogP contribution in [0.2, 0.25) is 0 Å². The van der Waals surface area contributed by atoms with Crippen molar-refractivity contribution in [2.75, 3.05) is 0 Å². The van der Waals surface area contributed by atoms with E-state index in [2.05, 4.69) is 10.4 Å². The highest BCUT2D eigenvalue weighted by atomic mass is 16.4. The number of hydrogen-bond acceptors (Lipinski definition) is 4. The fourth-order valence-electron chi connectivity index (χ4n) is 1.20. The van der Waals surface area contributed by atoms with Crippen molar-refractivity contribution in [3.63, 3.8) is 0 Å². The smallest absolute Gasteiger partial charge is 0.326 e. The van der Waals surface area contributed by atoms with E-state index in [4.69, 9.17) is 10.2 Å². The topological polar surface area (TPSA) is 122 Å². The first-order valence-corrected chi connectivity index (χ1v) is 4.65. The minimum Gasteiger partial charge on any atom is -0.481 e. The van der Waals surface area contributed by atoms with E-state index in [1.807, 2.05) is 0 Å². The minimum atomic E-state index is -1.46. The van der Waals surface area contributed by atoms with Gasteiger partial charge in [-0.15, -0.1) is 0 Å². The van der Waals surface area contributed by atoms with Crippen molar-refractivity contribution in [2.45, 2.75) is 12.5 Å². The lowest BCUT2D eigenvalue weighted by molar-refractivity contribution is -0.145. The maximum absolute atomic E-state index is 11.6. The van der Waals surface area contributed by atoms with Crippen LogP contribution in [0.5, 0.6) is 0 Å². The van der Waals surface area contributed by atoms with E-state index in [1.54, 1.807) is 0 Å². The Morgan fingerprint density at radius 2 is 2.12 bits per heavy atom. The third-order valence-corrected chi connectivity index (χ3v) is 2.04. The molecule has 1 atom stereocenters. The van der Waals surface area contributed by atoms with E-state index < -0.39 is 30.3 Å². The van der Waals surface area contributed by atoms with E-state index in [0.29, 0.717) is 0 Å². The van der Waals surface area contributed by atoms with E-state index in [1.165, 1.54) is 24.0 Å². The number of carboxylic acids is 2. The molecule has 1 rings (SSSR count). The van der Waals surface area contributed by atoms with E-state index >= 15 is 0 Å². The number of carbonyl (C=O) groups is 3. The van der Waals surface area contributed by atoms with Gasteiger partial charge >= 0.3 is 11.9 Å². The Kier molecular flexibility index (Phi) is 3.81. The molecule has 0 saturated carbocycles. The molecule has 0 bridgehead atoms. The fourth-order valence-corrected chi connectivity index (χ4v) is 1.20. The number of amides is 1. The molecular weight excluding hydrogens is 230 g/mol. The van der Waals surface area contributed by atoms with Crippen LogP contribution in [0.4, 0.5) is 0 Å². The summed E-state index contributed by atoms with van der Waals surface area (Å²) in [6, 6.07) is -0.0652. The van der Waals surface area contributed by atoms with Crippen molar-refractivity contribution in [3.05, 3.63) is 18.0 Å². The Bertz CT molecular complexity index is 453. The second kappa shape index (κ2) is 5.10. The predicted octanol–water partition coefficient (Wildman–Crippen LogP) is -0.922. The number of aromatic nitrogens is 2. The molecule has 1 aromatic heterocycles. The summed E-state index contributed by atoms with van der Waals surface area (Å²) in [5, 5.41) is 23.1. The molecule has 0 spiro atoms. The molecule has 0 aromatic carbocycles. The number of aliphatic carboxylic acids is 2. The van der Waals surface area contributed by atoms with Crippen LogP contribution in [0.3, 0.4) is 0 Å². The molecule has 0 aliphatic carbocycles. The highest BCUT2D eigenvalue weighted by Crippen LogP contribution is 1.99. The number of carbonyl (C=O) groups excluding carboxylic acids is 1. The van der Waals surface area contributed by atoms with Crippen molar-refractivity contribution in [1.82, 2.24) is 15.1 Å². The van der Waals surface area contributed by atoms with Gasteiger partial charge in [0.1, 0.15) is 11.7 Å². The van der Waals surface area contributed by atoms with E-state index in [0.717, 1.165) is 0 Å². The van der Waals surface area contributed by atoms with Crippen molar-refractivity contribution >= 4 is 17.8 Å². The van der Waals surface area contributed by atoms with Crippen LogP contribution in [-0.2, 0) is 16.6 Å². The summed E-state index contributed by atoms with van der Waals surface area (Å²) in [4.78, 5) is 32.7. The van der Waals surface area contributed by atoms with Gasteiger partial charge in [-0.05, 0) is 6.07 Å². The predicted molar refractivity (Wildman–Crippen MR) is 54.4 cm³/mol. The number of aryl methyl sites for hydroxylation is 1. The Balaban J connectivity index is 2.74. The van der Waals surface area contributed by atoms with Crippen LogP contribution >= 0.6 is 0 Å². The summed E-state index contributed by atoms with van der Waals surface area (Å²) in [6.07, 6.45) is 0.695. The Labute approximate surface area is 95.9 Å². The van der Waals surface area contributed by atoms with Crippen LogP contribution in [0.15, 0.2) is 12.3 Å². The van der Waals surface area contributed by atoms with Gasteiger partial charge in [-0.3, -0.25) is 14.3 Å². The quantitative estimate of drug-likeness (QED) is 0.612. The molecule has 1 aromatic rings. The molecule has 8 heteroatoms. The zero-order valence-corrected chi connectivity index (χ0v) is 8.95. The van der Waals surface area contributed by atoms with Gasteiger partial charge in [-0.2, -0.15) is 5.10 Å². The molecule has 0 unspecified atom stereocenters. The zero-order valence-electron chi connectivity index (χ0n) is 8.95. The van der Waals surface area contributed by atoms with Crippen LogP contribution in [0.1, 0.15) is 16.9 Å². The van der Waals surface area contributed by atoms with Gasteiger partial charge in [0.25, 0.3) is 5.91 Å². The number of rotatable bonds is 5. The standard InChI is InChI=1S/C9H11N3O5/c1-12-6(2-3-10-12)8(15)11-5(9(16)17)4-7(13)14/h2-3,5H,4H2,1H3,(H,11,15)(H,13,14)(H,16,17)/t5-/m1/s1. The monoisotopic (exact) mass is 241 g/mol. The minimum absolute atomic E-state index is 0.154. The molecule has 0 saturated heterocycles. The normalized spacial score (nSPS) is 11.8. The number of nitrogens with zero attached hydrogens (tertiary/aromatic N) is 2. The molecule has 1 amide bonds. The highest BCUT2D eigenvalue weighted by molar-refractivity contribution is 5.95. The van der Waals surface area contributed by atoms with Gasteiger partial charge in [-0.25, -0.2) is 4.79 Å². The molecule has 0 fully saturated rings. The van der Waals surface area contributed by atoms with Crippen molar-refractivity contribution in [2.24, 2.45) is 7.05 Å². The number of carboxylic acid groups (broad SMARTS) is 2. The molecule has 1 heterocycles. The molecule has 0 aliphatic rings. The van der Waals surface area contributed by atoms with Gasteiger partial charge < -0.3 is 15.5 Å². The lowest BCUT2D eigenvalue weighted by atomic mass is 10.2. The van der Waals surface area contributed by atoms with Gasteiger partial charge in [0.15, 0.2) is 0 Å². The zero-order chi connectivity index (χ0) is 13.0. The molecule has 0 radical (unpaired) electrons. The van der Waals surface area contributed by atoms with Crippen LogP contribution in [0.25, 0.3) is 0 Å². The maximum Gasteiger partial charge on any atom is 0.326 e. The highest BCUT2D eigenvalue weighted by Gasteiger charge is 2.24. The van der Waals surface area contributed by atoms with E-state index in [9.17, 15) is 14.4 Å². The first-order valence-electron chi connectivity index (χ1n) is 4.65. The number of nitrogens with one attached hydrogen (secondary N) is 1. The Morgan fingerprint density at radius 1 is 1.47 bits per heavy atom.